The highest BCUT2D eigenvalue weighted by molar-refractivity contribution is 7.89. The first-order valence-corrected chi connectivity index (χ1v) is 15.4. The third-order valence-corrected chi connectivity index (χ3v) is 9.05. The van der Waals surface area contributed by atoms with E-state index in [-0.39, 0.29) is 10.6 Å². The van der Waals surface area contributed by atoms with Crippen molar-refractivity contribution >= 4 is 43.2 Å². The van der Waals surface area contributed by atoms with Crippen LogP contribution in [0.1, 0.15) is 6.92 Å². The Bertz CT molecular complexity index is 1610. The normalized spacial score (nSPS) is 15.7. The molecule has 4 rings (SSSR count). The van der Waals surface area contributed by atoms with E-state index in [4.69, 9.17) is 0 Å². The number of nitro benzene ring substituents is 1. The van der Waals surface area contributed by atoms with Crippen LogP contribution in [0.4, 0.5) is 11.4 Å². The molecule has 1 aliphatic heterocycles. The second kappa shape index (κ2) is 11.3. The van der Waals surface area contributed by atoms with Crippen molar-refractivity contribution < 1.29 is 21.8 Å². The number of sulfonamides is 2. The molecule has 39 heavy (non-hydrogen) atoms. The molecule has 0 radical (unpaired) electrons. The van der Waals surface area contributed by atoms with E-state index in [1.54, 1.807) is 47.1 Å². The fourth-order valence-electron chi connectivity index (χ4n) is 4.50. The van der Waals surface area contributed by atoms with Gasteiger partial charge in [-0.05, 0) is 19.1 Å². The number of pyridine rings is 1. The van der Waals surface area contributed by atoms with Crippen LogP contribution in [-0.4, -0.2) is 99.4 Å². The number of nitro groups is 1. The topological polar surface area (TPSA) is 163 Å². The minimum atomic E-state index is -4.30. The van der Waals surface area contributed by atoms with Gasteiger partial charge >= 0.3 is 0 Å². The number of hydrazone groups is 1. The molecule has 0 amide bonds. The number of nitrogens with zero attached hydrogens (tertiary/aromatic N) is 7. The predicted octanol–water partition coefficient (Wildman–Crippen LogP) is 1.21. The molecule has 1 N–H and O–H groups in total. The molecule has 14 nitrogen and oxygen atoms in total. The molecule has 1 aromatic carbocycles. The van der Waals surface area contributed by atoms with Crippen LogP contribution in [0.15, 0.2) is 52.7 Å². The molecule has 0 saturated carbocycles. The van der Waals surface area contributed by atoms with E-state index in [0.29, 0.717) is 55.9 Å². The second-order valence-electron chi connectivity index (χ2n) is 9.09. The standard InChI is InChI=1S/C23H30N8O6S2/c1-4-24-26-39(36,37)22-16-18(31(32)33)15-19(20-17-25-30-8-6-5-7-21(20)30)23(22)27(2)9-10-28-11-13-29(14-12-28)38(3,34)35/h4-8,15-17,26H,9-14H2,1-3H3. The molecule has 3 aromatic rings. The zero-order valence-electron chi connectivity index (χ0n) is 21.8. The molecule has 210 valence electrons. The minimum Gasteiger partial charge on any atom is -0.372 e. The molecule has 16 heteroatoms. The number of piperazine rings is 1. The fraction of sp³-hybridized carbons (Fsp3) is 0.391. The molecule has 1 aliphatic rings. The maximum absolute atomic E-state index is 13.3. The number of likely N-dealkylation sites (N-methyl/N-ethyl adjacent to an activating group) is 1. The van der Waals surface area contributed by atoms with Crippen LogP contribution in [0.25, 0.3) is 16.6 Å². The maximum atomic E-state index is 13.3. The van der Waals surface area contributed by atoms with Gasteiger partial charge in [0.05, 0.1) is 28.6 Å². The van der Waals surface area contributed by atoms with Crippen LogP contribution in [0.3, 0.4) is 0 Å². The van der Waals surface area contributed by atoms with Gasteiger partial charge in [0.1, 0.15) is 4.90 Å². The van der Waals surface area contributed by atoms with Gasteiger partial charge in [-0.3, -0.25) is 15.0 Å². The van der Waals surface area contributed by atoms with Crippen molar-refractivity contribution in [3.63, 3.8) is 0 Å². The Hall–Kier alpha value is -3.60. The average Bonchev–Trinajstić information content (AvgIpc) is 3.33. The minimum absolute atomic E-state index is 0.257. The van der Waals surface area contributed by atoms with Crippen LogP contribution in [0.2, 0.25) is 0 Å². The number of rotatable bonds is 10. The summed E-state index contributed by atoms with van der Waals surface area (Å²) in [5, 5.41) is 19.9. The van der Waals surface area contributed by atoms with Gasteiger partial charge < -0.3 is 4.90 Å². The number of anilines is 1. The molecule has 1 fully saturated rings. The Morgan fingerprint density at radius 3 is 2.51 bits per heavy atom. The first-order chi connectivity index (χ1) is 18.4. The van der Waals surface area contributed by atoms with Gasteiger partial charge in [-0.15, -0.1) is 0 Å². The van der Waals surface area contributed by atoms with Crippen molar-refractivity contribution in [2.45, 2.75) is 11.8 Å². The van der Waals surface area contributed by atoms with Gasteiger partial charge in [-0.1, -0.05) is 6.07 Å². The quantitative estimate of drug-likeness (QED) is 0.212. The number of hydrogen-bond acceptors (Lipinski definition) is 10. The molecule has 3 heterocycles. The Morgan fingerprint density at radius 2 is 1.87 bits per heavy atom. The lowest BCUT2D eigenvalue weighted by molar-refractivity contribution is -0.385. The van der Waals surface area contributed by atoms with Crippen molar-refractivity contribution in [3.05, 3.63) is 52.8 Å². The Labute approximate surface area is 226 Å². The summed E-state index contributed by atoms with van der Waals surface area (Å²) in [6.45, 7) is 4.21. The molecule has 0 atom stereocenters. The first kappa shape index (κ1) is 28.4. The summed E-state index contributed by atoms with van der Waals surface area (Å²) in [4.78, 5) is 16.9. The summed E-state index contributed by atoms with van der Waals surface area (Å²) in [5.74, 6) is 0. The van der Waals surface area contributed by atoms with Crippen LogP contribution in [0.5, 0.6) is 0 Å². The lowest BCUT2D eigenvalue weighted by atomic mass is 10.0. The van der Waals surface area contributed by atoms with Gasteiger partial charge in [0, 0.05) is 82.0 Å². The lowest BCUT2D eigenvalue weighted by Crippen LogP contribution is -2.49. The van der Waals surface area contributed by atoms with E-state index < -0.39 is 30.7 Å². The number of nitrogens with one attached hydrogen (secondary N) is 1. The van der Waals surface area contributed by atoms with Gasteiger partial charge in [0.2, 0.25) is 10.0 Å². The zero-order chi connectivity index (χ0) is 28.4. The molecule has 1 saturated heterocycles. The van der Waals surface area contributed by atoms with Crippen molar-refractivity contribution in [1.29, 1.82) is 0 Å². The van der Waals surface area contributed by atoms with Crippen LogP contribution < -0.4 is 9.73 Å². The number of fused-ring (bicyclic) bond motifs is 1. The Kier molecular flexibility index (Phi) is 8.20. The second-order valence-corrected chi connectivity index (χ2v) is 12.7. The fourth-order valence-corrected chi connectivity index (χ4v) is 6.47. The number of hydrogen-bond donors (Lipinski definition) is 1. The third-order valence-electron chi connectivity index (χ3n) is 6.51. The highest BCUT2D eigenvalue weighted by Crippen LogP contribution is 2.41. The molecule has 0 unspecified atom stereocenters. The highest BCUT2D eigenvalue weighted by Gasteiger charge is 2.30. The largest absolute Gasteiger partial charge is 0.372 e. The van der Waals surface area contributed by atoms with Crippen molar-refractivity contribution in [1.82, 2.24) is 23.7 Å². The SMILES string of the molecule is CC=NNS(=O)(=O)c1cc([N+](=O)[O-])cc(-c2cnn3ccccc23)c1N(C)CCN1CCN(S(C)(=O)=O)CC1. The van der Waals surface area contributed by atoms with Gasteiger partial charge in [0.25, 0.3) is 15.7 Å². The van der Waals surface area contributed by atoms with E-state index in [0.717, 1.165) is 6.07 Å². The summed E-state index contributed by atoms with van der Waals surface area (Å²) >= 11 is 0. The third kappa shape index (κ3) is 6.19. The highest BCUT2D eigenvalue weighted by atomic mass is 32.2. The summed E-state index contributed by atoms with van der Waals surface area (Å²) < 4.78 is 53.4. The average molecular weight is 579 g/mol. The molecule has 0 spiro atoms. The molecule has 0 bridgehead atoms. The smallest absolute Gasteiger partial charge is 0.278 e. The van der Waals surface area contributed by atoms with Gasteiger partial charge in [0.15, 0.2) is 0 Å². The first-order valence-electron chi connectivity index (χ1n) is 12.1. The predicted molar refractivity (Wildman–Crippen MR) is 148 cm³/mol. The summed E-state index contributed by atoms with van der Waals surface area (Å²) in [7, 11) is -5.85. The van der Waals surface area contributed by atoms with E-state index in [9.17, 15) is 26.9 Å². The molecule has 2 aromatic heterocycles. The van der Waals surface area contributed by atoms with E-state index in [1.807, 2.05) is 0 Å². The summed E-state index contributed by atoms with van der Waals surface area (Å²) in [6, 6.07) is 7.76. The van der Waals surface area contributed by atoms with Crippen molar-refractivity contribution in [2.75, 3.05) is 57.5 Å². The van der Waals surface area contributed by atoms with E-state index >= 15 is 0 Å². The summed E-state index contributed by atoms with van der Waals surface area (Å²) in [6.07, 6.45) is 5.72. The molecule has 0 aliphatic carbocycles. The zero-order valence-corrected chi connectivity index (χ0v) is 23.4. The monoisotopic (exact) mass is 578 g/mol. The van der Waals surface area contributed by atoms with Gasteiger partial charge in [-0.2, -0.15) is 22.9 Å². The van der Waals surface area contributed by atoms with Crippen LogP contribution in [0, 0.1) is 10.1 Å². The Morgan fingerprint density at radius 1 is 1.15 bits per heavy atom. The number of non-ortho nitro benzene ring substituents is 1. The van der Waals surface area contributed by atoms with Crippen molar-refractivity contribution in [2.24, 2.45) is 5.10 Å². The van der Waals surface area contributed by atoms with Gasteiger partial charge in [-0.25, -0.2) is 17.8 Å². The van der Waals surface area contributed by atoms with Crippen molar-refractivity contribution in [3.8, 4) is 11.1 Å². The lowest BCUT2D eigenvalue weighted by Gasteiger charge is -2.34. The van der Waals surface area contributed by atoms with E-state index in [1.165, 1.54) is 29.8 Å². The number of aromatic nitrogens is 2. The Balaban J connectivity index is 1.78. The number of benzene rings is 1. The molecular weight excluding hydrogens is 548 g/mol. The molecular formula is C23H30N8O6S2. The van der Waals surface area contributed by atoms with Crippen LogP contribution in [-0.2, 0) is 20.0 Å². The van der Waals surface area contributed by atoms with Crippen LogP contribution >= 0.6 is 0 Å². The van der Waals surface area contributed by atoms with E-state index in [2.05, 4.69) is 19.9 Å². The maximum Gasteiger partial charge on any atom is 0.278 e. The summed E-state index contributed by atoms with van der Waals surface area (Å²) in [5.41, 5.74) is 1.37.